The lowest BCUT2D eigenvalue weighted by atomic mass is 10.1. The van der Waals surface area contributed by atoms with E-state index in [2.05, 4.69) is 25.8 Å². The zero-order valence-electron chi connectivity index (χ0n) is 14.5. The normalized spacial score (nSPS) is 11.5. The molecular weight excluding hydrogens is 330 g/mol. The first kappa shape index (κ1) is 17.3. The molecule has 0 spiro atoms. The highest BCUT2D eigenvalue weighted by Crippen LogP contribution is 2.19. The van der Waals surface area contributed by atoms with E-state index in [1.807, 2.05) is 43.3 Å². The molecule has 26 heavy (non-hydrogen) atoms. The lowest BCUT2D eigenvalue weighted by molar-refractivity contribution is 0.0601. The van der Waals surface area contributed by atoms with Gasteiger partial charge in [-0.05, 0) is 30.7 Å². The third-order valence-corrected chi connectivity index (χ3v) is 3.76. The zero-order chi connectivity index (χ0) is 18.4. The number of hydrogen-bond acceptors (Lipinski definition) is 7. The van der Waals surface area contributed by atoms with Crippen molar-refractivity contribution in [2.24, 2.45) is 0 Å². The number of aromatic nitrogens is 3. The average Bonchev–Trinajstić information content (AvgIpc) is 2.68. The first-order chi connectivity index (χ1) is 12.7. The van der Waals surface area contributed by atoms with E-state index < -0.39 is 5.97 Å². The van der Waals surface area contributed by atoms with Crippen LogP contribution in [0.1, 0.15) is 28.9 Å². The van der Waals surface area contributed by atoms with Crippen LogP contribution in [0.15, 0.2) is 60.8 Å². The fraction of sp³-hybridized carbons (Fsp3) is 0.158. The van der Waals surface area contributed by atoms with Gasteiger partial charge in [-0.2, -0.15) is 10.1 Å². The van der Waals surface area contributed by atoms with E-state index in [4.69, 9.17) is 4.74 Å². The molecule has 0 saturated carbocycles. The minimum atomic E-state index is -0.403. The van der Waals surface area contributed by atoms with Crippen molar-refractivity contribution >= 4 is 23.4 Å². The summed E-state index contributed by atoms with van der Waals surface area (Å²) in [6, 6.07) is 17.0. The molecule has 1 heterocycles. The highest BCUT2D eigenvalue weighted by Gasteiger charge is 2.09. The van der Waals surface area contributed by atoms with Gasteiger partial charge in [-0.15, -0.1) is 5.10 Å². The van der Waals surface area contributed by atoms with Gasteiger partial charge in [0.2, 0.25) is 5.95 Å². The summed E-state index contributed by atoms with van der Waals surface area (Å²) in [5.41, 5.74) is 2.26. The summed E-state index contributed by atoms with van der Waals surface area (Å²) in [4.78, 5) is 16.0. The van der Waals surface area contributed by atoms with Gasteiger partial charge in [-0.25, -0.2) is 4.79 Å². The first-order valence-corrected chi connectivity index (χ1v) is 8.12. The Balaban J connectivity index is 1.72. The number of esters is 1. The molecule has 3 aromatic rings. The van der Waals surface area contributed by atoms with E-state index in [-0.39, 0.29) is 6.04 Å². The number of nitrogens with zero attached hydrogens (tertiary/aromatic N) is 3. The summed E-state index contributed by atoms with van der Waals surface area (Å²) >= 11 is 0. The third kappa shape index (κ3) is 4.32. The molecule has 132 valence electrons. The Labute approximate surface area is 151 Å². The Morgan fingerprint density at radius 2 is 1.92 bits per heavy atom. The number of anilines is 3. The zero-order valence-corrected chi connectivity index (χ0v) is 14.5. The van der Waals surface area contributed by atoms with Gasteiger partial charge in [-0.1, -0.05) is 36.4 Å². The summed E-state index contributed by atoms with van der Waals surface area (Å²) in [7, 11) is 1.35. The standard InChI is InChI=1S/C19H19N5O2/c1-13(14-7-4-3-5-8-14)21-17-12-20-24-19(23-17)22-16-10-6-9-15(11-16)18(25)26-2/h3-13H,1-2H3,(H2,21,22,23,24). The van der Waals surface area contributed by atoms with Crippen LogP contribution >= 0.6 is 0 Å². The molecule has 1 unspecified atom stereocenters. The van der Waals surface area contributed by atoms with Crippen molar-refractivity contribution in [3.05, 3.63) is 71.9 Å². The maximum absolute atomic E-state index is 11.6. The van der Waals surface area contributed by atoms with Gasteiger partial charge in [0.1, 0.15) is 0 Å². The maximum Gasteiger partial charge on any atom is 0.337 e. The van der Waals surface area contributed by atoms with Crippen LogP contribution in [0.2, 0.25) is 0 Å². The second-order valence-corrected chi connectivity index (χ2v) is 5.64. The minimum absolute atomic E-state index is 0.0726. The Kier molecular flexibility index (Phi) is 5.38. The van der Waals surface area contributed by atoms with Gasteiger partial charge in [0, 0.05) is 11.7 Å². The number of rotatable bonds is 6. The first-order valence-electron chi connectivity index (χ1n) is 8.12. The number of methoxy groups -OCH3 is 1. The lowest BCUT2D eigenvalue weighted by Crippen LogP contribution is -2.10. The van der Waals surface area contributed by atoms with Crippen LogP contribution in [0, 0.1) is 0 Å². The molecule has 0 saturated heterocycles. The Morgan fingerprint density at radius 1 is 1.12 bits per heavy atom. The predicted molar refractivity (Wildman–Crippen MR) is 99.4 cm³/mol. The largest absolute Gasteiger partial charge is 0.465 e. The Hall–Kier alpha value is -3.48. The van der Waals surface area contributed by atoms with E-state index >= 15 is 0 Å². The van der Waals surface area contributed by atoms with Crippen LogP contribution in [0.5, 0.6) is 0 Å². The SMILES string of the molecule is COC(=O)c1cccc(Nc2nncc(NC(C)c3ccccc3)n2)c1. The Bertz CT molecular complexity index is 886. The van der Waals surface area contributed by atoms with Crippen LogP contribution in [-0.2, 0) is 4.74 Å². The van der Waals surface area contributed by atoms with E-state index in [0.29, 0.717) is 23.0 Å². The van der Waals surface area contributed by atoms with Gasteiger partial charge in [0.05, 0.1) is 18.9 Å². The summed E-state index contributed by atoms with van der Waals surface area (Å²) in [6.07, 6.45) is 1.56. The molecule has 0 amide bonds. The van der Waals surface area contributed by atoms with E-state index in [1.54, 1.807) is 24.4 Å². The van der Waals surface area contributed by atoms with Crippen LogP contribution < -0.4 is 10.6 Å². The molecule has 2 N–H and O–H groups in total. The molecule has 0 radical (unpaired) electrons. The molecule has 0 aliphatic carbocycles. The number of carbonyl (C=O) groups is 1. The van der Waals surface area contributed by atoms with Gasteiger partial charge in [0.15, 0.2) is 5.82 Å². The van der Waals surface area contributed by atoms with Crippen molar-refractivity contribution in [2.45, 2.75) is 13.0 Å². The smallest absolute Gasteiger partial charge is 0.337 e. The quantitative estimate of drug-likeness (QED) is 0.658. The topological polar surface area (TPSA) is 89.0 Å². The van der Waals surface area contributed by atoms with Crippen LogP contribution in [0.25, 0.3) is 0 Å². The molecule has 7 nitrogen and oxygen atoms in total. The van der Waals surface area contributed by atoms with Crippen LogP contribution in [0.4, 0.5) is 17.5 Å². The fourth-order valence-corrected chi connectivity index (χ4v) is 2.44. The van der Waals surface area contributed by atoms with Crippen molar-refractivity contribution in [3.63, 3.8) is 0 Å². The van der Waals surface area contributed by atoms with Gasteiger partial charge in [0.25, 0.3) is 0 Å². The Morgan fingerprint density at radius 3 is 2.69 bits per heavy atom. The molecule has 0 aliphatic heterocycles. The van der Waals surface area contributed by atoms with Crippen molar-refractivity contribution in [1.29, 1.82) is 0 Å². The van der Waals surface area contributed by atoms with Crippen LogP contribution in [0.3, 0.4) is 0 Å². The predicted octanol–water partition coefficient (Wildman–Crippen LogP) is 3.57. The summed E-state index contributed by atoms with van der Waals surface area (Å²) in [5.74, 6) is 0.528. The monoisotopic (exact) mass is 349 g/mol. The molecule has 2 aromatic carbocycles. The molecule has 7 heteroatoms. The summed E-state index contributed by atoms with van der Waals surface area (Å²) < 4.78 is 4.73. The molecule has 1 aromatic heterocycles. The third-order valence-electron chi connectivity index (χ3n) is 3.76. The molecule has 3 rings (SSSR count). The van der Waals surface area contributed by atoms with Gasteiger partial charge >= 0.3 is 5.97 Å². The number of benzene rings is 2. The van der Waals surface area contributed by atoms with Crippen molar-refractivity contribution in [1.82, 2.24) is 15.2 Å². The van der Waals surface area contributed by atoms with Crippen molar-refractivity contribution < 1.29 is 9.53 Å². The highest BCUT2D eigenvalue weighted by atomic mass is 16.5. The molecule has 1 atom stereocenters. The van der Waals surface area contributed by atoms with E-state index in [1.165, 1.54) is 7.11 Å². The maximum atomic E-state index is 11.6. The number of nitrogens with one attached hydrogen (secondary N) is 2. The number of carbonyl (C=O) groups excluding carboxylic acids is 1. The van der Waals surface area contributed by atoms with E-state index in [0.717, 1.165) is 5.56 Å². The number of hydrogen-bond donors (Lipinski definition) is 2. The second kappa shape index (κ2) is 8.06. The highest BCUT2D eigenvalue weighted by molar-refractivity contribution is 5.90. The fourth-order valence-electron chi connectivity index (χ4n) is 2.44. The molecular formula is C19H19N5O2. The summed E-state index contributed by atoms with van der Waals surface area (Å²) in [6.45, 7) is 2.05. The minimum Gasteiger partial charge on any atom is -0.465 e. The molecule has 0 aliphatic rings. The second-order valence-electron chi connectivity index (χ2n) is 5.64. The molecule has 0 bridgehead atoms. The summed E-state index contributed by atoms with van der Waals surface area (Å²) in [5, 5.41) is 14.3. The van der Waals surface area contributed by atoms with Crippen molar-refractivity contribution in [2.75, 3.05) is 17.7 Å². The van der Waals surface area contributed by atoms with E-state index in [9.17, 15) is 4.79 Å². The van der Waals surface area contributed by atoms with Gasteiger partial charge in [-0.3, -0.25) is 0 Å². The molecule has 0 fully saturated rings. The lowest BCUT2D eigenvalue weighted by Gasteiger charge is -2.15. The average molecular weight is 349 g/mol. The van der Waals surface area contributed by atoms with Gasteiger partial charge < -0.3 is 15.4 Å². The van der Waals surface area contributed by atoms with Crippen LogP contribution in [-0.4, -0.2) is 28.3 Å². The number of ether oxygens (including phenoxy) is 1. The van der Waals surface area contributed by atoms with Crippen molar-refractivity contribution in [3.8, 4) is 0 Å².